The molecule has 0 aromatic heterocycles. The fraction of sp³-hybridized carbons (Fsp3) is 0.588. The van der Waals surface area contributed by atoms with E-state index >= 15 is 0 Å². The maximum Gasteiger partial charge on any atom is 0.416 e. The fourth-order valence-corrected chi connectivity index (χ4v) is 1.99. The lowest BCUT2D eigenvalue weighted by Crippen LogP contribution is -2.25. The lowest BCUT2D eigenvalue weighted by molar-refractivity contribution is -0.137. The Hall–Kier alpha value is -1.52. The number of aryl methyl sites for hydroxylation is 1. The molecule has 1 aliphatic heterocycles. The molecule has 1 aromatic rings. The summed E-state index contributed by atoms with van der Waals surface area (Å²) >= 11 is 0. The van der Waals surface area contributed by atoms with Crippen molar-refractivity contribution in [2.75, 3.05) is 6.61 Å². The highest BCUT2D eigenvalue weighted by molar-refractivity contribution is 5.96. The monoisotopic (exact) mass is 315 g/mol. The molecule has 0 aliphatic carbocycles. The second-order valence-electron chi connectivity index (χ2n) is 6.15. The summed E-state index contributed by atoms with van der Waals surface area (Å²) < 4.78 is 43.8. The van der Waals surface area contributed by atoms with Crippen LogP contribution in [0.4, 0.5) is 13.2 Å². The second-order valence-corrected chi connectivity index (χ2v) is 6.15. The zero-order valence-corrected chi connectivity index (χ0v) is 14.0. The fourth-order valence-electron chi connectivity index (χ4n) is 1.99. The number of benzene rings is 1. The summed E-state index contributed by atoms with van der Waals surface area (Å²) in [7, 11) is 0. The van der Waals surface area contributed by atoms with Crippen LogP contribution in [0, 0.1) is 12.3 Å². The zero-order chi connectivity index (χ0) is 17.1. The molecule has 1 aliphatic rings. The third kappa shape index (κ3) is 4.24. The Labute approximate surface area is 130 Å². The van der Waals surface area contributed by atoms with E-state index < -0.39 is 11.7 Å². The first-order valence-electron chi connectivity index (χ1n) is 7.48. The smallest absolute Gasteiger partial charge is 0.416 e. The molecule has 0 saturated heterocycles. The highest BCUT2D eigenvalue weighted by atomic mass is 19.4. The normalized spacial score (nSPS) is 18.2. The van der Waals surface area contributed by atoms with E-state index in [1.807, 2.05) is 34.6 Å². The lowest BCUT2D eigenvalue weighted by atomic mass is 9.88. The Balaban J connectivity index is 0.00000116. The average Bonchev–Trinajstić information content (AvgIpc) is 2.89. The summed E-state index contributed by atoms with van der Waals surface area (Å²) in [6, 6.07) is 3.61. The number of aliphatic imine (C=N–C) groups is 1. The summed E-state index contributed by atoms with van der Waals surface area (Å²) in [4.78, 5) is 4.44. The van der Waals surface area contributed by atoms with E-state index in [2.05, 4.69) is 4.99 Å². The van der Waals surface area contributed by atoms with Crippen molar-refractivity contribution in [2.24, 2.45) is 10.4 Å². The molecule has 0 unspecified atom stereocenters. The molecular formula is C17H24F3NO. The van der Waals surface area contributed by atoms with Crippen LogP contribution in [0.1, 0.15) is 51.3 Å². The molecule has 0 saturated carbocycles. The maximum atomic E-state index is 12.8. The van der Waals surface area contributed by atoms with Crippen LogP contribution in [0.3, 0.4) is 0 Å². The molecule has 1 heterocycles. The van der Waals surface area contributed by atoms with Crippen LogP contribution < -0.4 is 0 Å². The van der Waals surface area contributed by atoms with Crippen LogP contribution >= 0.6 is 0 Å². The summed E-state index contributed by atoms with van der Waals surface area (Å²) in [5, 5.41) is 0. The van der Waals surface area contributed by atoms with Crippen molar-refractivity contribution in [1.29, 1.82) is 0 Å². The van der Waals surface area contributed by atoms with Crippen molar-refractivity contribution in [3.63, 3.8) is 0 Å². The topological polar surface area (TPSA) is 21.6 Å². The molecular weight excluding hydrogens is 291 g/mol. The molecule has 2 nitrogen and oxygen atoms in total. The highest BCUT2D eigenvalue weighted by Crippen LogP contribution is 2.32. The van der Waals surface area contributed by atoms with Crippen LogP contribution in [0.2, 0.25) is 0 Å². The van der Waals surface area contributed by atoms with Crippen LogP contribution in [-0.4, -0.2) is 18.5 Å². The van der Waals surface area contributed by atoms with Crippen molar-refractivity contribution in [3.05, 3.63) is 34.9 Å². The van der Waals surface area contributed by atoms with Gasteiger partial charge in [0, 0.05) is 5.56 Å². The third-order valence-electron chi connectivity index (χ3n) is 3.45. The van der Waals surface area contributed by atoms with Crippen molar-refractivity contribution in [1.82, 2.24) is 0 Å². The highest BCUT2D eigenvalue weighted by Gasteiger charge is 2.34. The number of hydrogen-bond acceptors (Lipinski definition) is 2. The molecule has 0 spiro atoms. The minimum atomic E-state index is -4.36. The number of hydrogen-bond donors (Lipinski definition) is 0. The van der Waals surface area contributed by atoms with Gasteiger partial charge in [-0.3, -0.25) is 0 Å². The summed E-state index contributed by atoms with van der Waals surface area (Å²) in [5.74, 6) is 0.313. The number of rotatable bonds is 1. The second kappa shape index (κ2) is 6.71. The molecule has 0 fully saturated rings. The van der Waals surface area contributed by atoms with Gasteiger partial charge in [0.05, 0.1) is 11.6 Å². The quantitative estimate of drug-likeness (QED) is 0.695. The predicted molar refractivity (Wildman–Crippen MR) is 83.3 cm³/mol. The SMILES string of the molecule is CC.Cc1ccc(C(F)(F)F)cc1C1=N[C@@H](C(C)(C)C)CO1. The van der Waals surface area contributed by atoms with Gasteiger partial charge in [-0.2, -0.15) is 13.2 Å². The van der Waals surface area contributed by atoms with Crippen molar-refractivity contribution in [2.45, 2.75) is 53.8 Å². The van der Waals surface area contributed by atoms with E-state index in [9.17, 15) is 13.2 Å². The number of alkyl halides is 3. The average molecular weight is 315 g/mol. The Morgan fingerprint density at radius 2 is 1.73 bits per heavy atom. The predicted octanol–water partition coefficient (Wildman–Crippen LogP) is 5.23. The largest absolute Gasteiger partial charge is 0.475 e. The molecule has 1 atom stereocenters. The van der Waals surface area contributed by atoms with Crippen molar-refractivity contribution in [3.8, 4) is 0 Å². The Kier molecular flexibility index (Phi) is 5.65. The molecule has 1 aromatic carbocycles. The van der Waals surface area contributed by atoms with Crippen LogP contribution in [0.25, 0.3) is 0 Å². The molecule has 0 N–H and O–H groups in total. The van der Waals surface area contributed by atoms with Crippen molar-refractivity contribution < 1.29 is 17.9 Å². The van der Waals surface area contributed by atoms with Crippen LogP contribution in [-0.2, 0) is 10.9 Å². The maximum absolute atomic E-state index is 12.8. The first-order valence-corrected chi connectivity index (χ1v) is 7.48. The Bertz CT molecular complexity index is 542. The Morgan fingerprint density at radius 3 is 2.18 bits per heavy atom. The van der Waals surface area contributed by atoms with Crippen molar-refractivity contribution >= 4 is 5.90 Å². The Morgan fingerprint density at radius 1 is 1.14 bits per heavy atom. The van der Waals surface area contributed by atoms with E-state index in [4.69, 9.17) is 4.74 Å². The molecule has 0 amide bonds. The minimum absolute atomic E-state index is 0.0357. The van der Waals surface area contributed by atoms with E-state index in [0.29, 0.717) is 18.1 Å². The standard InChI is InChI=1S/C15H18F3NO.C2H6/c1-9-5-6-10(15(16,17)18)7-11(9)13-19-12(8-20-13)14(2,3)4;1-2/h5-7,12H,8H2,1-4H3;1-2H3/t12-;/m1./s1. The number of halogens is 3. The van der Waals surface area contributed by atoms with Gasteiger partial charge in [-0.25, -0.2) is 4.99 Å². The van der Waals surface area contributed by atoms with Gasteiger partial charge >= 0.3 is 6.18 Å². The minimum Gasteiger partial charge on any atom is -0.475 e. The third-order valence-corrected chi connectivity index (χ3v) is 3.45. The summed E-state index contributed by atoms with van der Waals surface area (Å²) in [6.07, 6.45) is -4.36. The zero-order valence-electron chi connectivity index (χ0n) is 14.0. The van der Waals surface area contributed by atoms with Crippen LogP contribution in [0.15, 0.2) is 23.2 Å². The van der Waals surface area contributed by atoms with E-state index in [1.54, 1.807) is 6.92 Å². The van der Waals surface area contributed by atoms with Gasteiger partial charge in [-0.15, -0.1) is 0 Å². The molecule has 22 heavy (non-hydrogen) atoms. The van der Waals surface area contributed by atoms with Gasteiger partial charge in [0.1, 0.15) is 6.61 Å². The van der Waals surface area contributed by atoms with Crippen LogP contribution in [0.5, 0.6) is 0 Å². The molecule has 2 rings (SSSR count). The van der Waals surface area contributed by atoms with Gasteiger partial charge in [0.25, 0.3) is 0 Å². The van der Waals surface area contributed by atoms with Gasteiger partial charge in [-0.1, -0.05) is 40.7 Å². The van der Waals surface area contributed by atoms with Gasteiger partial charge in [0.15, 0.2) is 0 Å². The summed E-state index contributed by atoms with van der Waals surface area (Å²) in [5.41, 5.74) is 0.401. The molecule has 0 radical (unpaired) electrons. The first kappa shape index (κ1) is 18.5. The number of nitrogens with zero attached hydrogens (tertiary/aromatic N) is 1. The lowest BCUT2D eigenvalue weighted by Gasteiger charge is -2.21. The first-order chi connectivity index (χ1) is 10.1. The van der Waals surface area contributed by atoms with Gasteiger partial charge in [-0.05, 0) is 30.0 Å². The summed E-state index contributed by atoms with van der Waals surface area (Å²) in [6.45, 7) is 12.3. The van der Waals surface area contributed by atoms with E-state index in [-0.39, 0.29) is 11.5 Å². The van der Waals surface area contributed by atoms with E-state index in [0.717, 1.165) is 17.7 Å². The molecule has 0 bridgehead atoms. The number of ether oxygens (including phenoxy) is 1. The van der Waals surface area contributed by atoms with Gasteiger partial charge in [0.2, 0.25) is 5.90 Å². The molecule has 124 valence electrons. The van der Waals surface area contributed by atoms with E-state index in [1.165, 1.54) is 6.07 Å². The van der Waals surface area contributed by atoms with Gasteiger partial charge < -0.3 is 4.74 Å². The molecule has 5 heteroatoms.